The highest BCUT2D eigenvalue weighted by atomic mass is 15.2. The quantitative estimate of drug-likeness (QED) is 0.158. The Balaban J connectivity index is 0.949. The second kappa shape index (κ2) is 16.9. The number of para-hydroxylation sites is 5. The van der Waals surface area contributed by atoms with Crippen LogP contribution in [0.1, 0.15) is 44.5 Å². The van der Waals surface area contributed by atoms with E-state index in [0.717, 1.165) is 34.0 Å². The molecule has 0 bridgehead atoms. The van der Waals surface area contributed by atoms with Crippen molar-refractivity contribution in [3.05, 3.63) is 342 Å². The van der Waals surface area contributed by atoms with Gasteiger partial charge in [-0.1, -0.05) is 224 Å². The Morgan fingerprint density at radius 3 is 1.07 bits per heavy atom. The van der Waals surface area contributed by atoms with Crippen LogP contribution in [0.25, 0.3) is 38.3 Å². The van der Waals surface area contributed by atoms with Crippen molar-refractivity contribution >= 4 is 66.7 Å². The maximum atomic E-state index is 2.53. The Kier molecular flexibility index (Phi) is 9.70. The zero-order valence-corrected chi connectivity index (χ0v) is 41.1. The molecule has 15 rings (SSSR count). The molecule has 1 aromatic heterocycles. The lowest BCUT2D eigenvalue weighted by molar-refractivity contribution is 0.731. The van der Waals surface area contributed by atoms with Crippen molar-refractivity contribution in [2.24, 2.45) is 0 Å². The molecule has 2 aliphatic rings. The molecule has 0 aliphatic carbocycles. The lowest BCUT2D eigenvalue weighted by Gasteiger charge is -2.46. The van der Waals surface area contributed by atoms with E-state index in [2.05, 4.69) is 312 Å². The van der Waals surface area contributed by atoms with E-state index < -0.39 is 10.8 Å². The fraction of sp³-hybridized carbons (Fsp3) is 0.0278. The Morgan fingerprint density at radius 2 is 0.600 bits per heavy atom. The third-order valence-electron chi connectivity index (χ3n) is 16.2. The highest BCUT2D eigenvalue weighted by Gasteiger charge is 2.48. The first kappa shape index (κ1) is 42.9. The van der Waals surface area contributed by atoms with E-state index in [1.807, 2.05) is 0 Å². The molecule has 0 saturated heterocycles. The zero-order chi connectivity index (χ0) is 49.5. The summed E-state index contributed by atoms with van der Waals surface area (Å²) in [6.45, 7) is 0. The number of anilines is 6. The van der Waals surface area contributed by atoms with E-state index >= 15 is 0 Å². The number of benzene rings is 12. The fourth-order valence-electron chi connectivity index (χ4n) is 13.2. The molecule has 0 N–H and O–H groups in total. The van der Waals surface area contributed by atoms with Gasteiger partial charge < -0.3 is 14.4 Å². The largest absolute Gasteiger partial charge is 0.310 e. The molecule has 0 radical (unpaired) electrons. The lowest BCUT2D eigenvalue weighted by atomic mass is 9.62. The highest BCUT2D eigenvalue weighted by molar-refractivity contribution is 6.12. The van der Waals surface area contributed by atoms with Crippen molar-refractivity contribution in [1.82, 2.24) is 4.57 Å². The molecule has 75 heavy (non-hydrogen) atoms. The second-order valence-corrected chi connectivity index (χ2v) is 20.0. The number of hydrogen-bond acceptors (Lipinski definition) is 2. The molecule has 0 saturated carbocycles. The van der Waals surface area contributed by atoms with E-state index in [1.54, 1.807) is 0 Å². The first-order chi connectivity index (χ1) is 37.2. The summed E-state index contributed by atoms with van der Waals surface area (Å²) in [6, 6.07) is 110. The molecular weight excluding hydrogens is 907 g/mol. The van der Waals surface area contributed by atoms with Gasteiger partial charge in [-0.2, -0.15) is 0 Å². The first-order valence-corrected chi connectivity index (χ1v) is 26.0. The zero-order valence-electron chi connectivity index (χ0n) is 41.1. The van der Waals surface area contributed by atoms with Crippen molar-refractivity contribution < 1.29 is 0 Å². The number of nitrogens with zero attached hydrogens (tertiary/aromatic N) is 3. The minimum atomic E-state index is -0.638. The third-order valence-corrected chi connectivity index (χ3v) is 16.2. The summed E-state index contributed by atoms with van der Waals surface area (Å²) < 4.78 is 2.44. The summed E-state index contributed by atoms with van der Waals surface area (Å²) in [5, 5.41) is 4.78. The van der Waals surface area contributed by atoms with Crippen molar-refractivity contribution in [3.63, 3.8) is 0 Å². The maximum Gasteiger partial charge on any atom is 0.0742 e. The molecule has 0 amide bonds. The number of fused-ring (bicyclic) bond motifs is 8. The highest BCUT2D eigenvalue weighted by Crippen LogP contribution is 2.60. The molecule has 352 valence electrons. The van der Waals surface area contributed by atoms with Crippen LogP contribution >= 0.6 is 0 Å². The Morgan fingerprint density at radius 1 is 0.227 bits per heavy atom. The van der Waals surface area contributed by atoms with Crippen LogP contribution in [-0.2, 0) is 10.8 Å². The molecule has 0 atom stereocenters. The van der Waals surface area contributed by atoms with Gasteiger partial charge in [0.15, 0.2) is 0 Å². The van der Waals surface area contributed by atoms with E-state index in [1.165, 1.54) is 82.9 Å². The van der Waals surface area contributed by atoms with E-state index in [0.29, 0.717) is 0 Å². The average Bonchev–Trinajstić information content (AvgIpc) is 3.81. The van der Waals surface area contributed by atoms with Crippen LogP contribution in [0.2, 0.25) is 0 Å². The van der Waals surface area contributed by atoms with Crippen molar-refractivity contribution in [2.75, 3.05) is 9.80 Å². The molecule has 3 nitrogen and oxygen atoms in total. The van der Waals surface area contributed by atoms with Crippen LogP contribution in [0.4, 0.5) is 34.1 Å². The van der Waals surface area contributed by atoms with Crippen LogP contribution in [-0.4, -0.2) is 4.57 Å². The smallest absolute Gasteiger partial charge is 0.0742 e. The van der Waals surface area contributed by atoms with E-state index in [4.69, 9.17) is 0 Å². The number of hydrogen-bond donors (Lipinski definition) is 0. The van der Waals surface area contributed by atoms with Crippen LogP contribution in [0, 0.1) is 0 Å². The average molecular weight is 956 g/mol. The predicted octanol–water partition coefficient (Wildman–Crippen LogP) is 18.3. The molecule has 3 heteroatoms. The molecule has 12 aromatic carbocycles. The summed E-state index contributed by atoms with van der Waals surface area (Å²) in [5.74, 6) is 0. The van der Waals surface area contributed by atoms with Gasteiger partial charge in [0.25, 0.3) is 0 Å². The van der Waals surface area contributed by atoms with Gasteiger partial charge in [-0.25, -0.2) is 0 Å². The van der Waals surface area contributed by atoms with Crippen LogP contribution in [0.15, 0.2) is 297 Å². The van der Waals surface area contributed by atoms with E-state index in [-0.39, 0.29) is 0 Å². The van der Waals surface area contributed by atoms with Gasteiger partial charge >= 0.3 is 0 Å². The van der Waals surface area contributed by atoms with Crippen LogP contribution < -0.4 is 9.80 Å². The third kappa shape index (κ3) is 6.22. The summed E-state index contributed by atoms with van der Waals surface area (Å²) >= 11 is 0. The van der Waals surface area contributed by atoms with Gasteiger partial charge in [-0.3, -0.25) is 0 Å². The Hall–Kier alpha value is -9.70. The van der Waals surface area contributed by atoms with Crippen LogP contribution in [0.3, 0.4) is 0 Å². The molecule has 2 aliphatic heterocycles. The summed E-state index contributed by atoms with van der Waals surface area (Å²) in [4.78, 5) is 5.00. The summed E-state index contributed by atoms with van der Waals surface area (Å²) in [7, 11) is 0. The molecule has 0 fully saturated rings. The standard InChI is InChI=1S/C72H49N3/c1-6-24-52(25-7-1)71(53-26-8-2-9-27-53)61-35-17-21-39-66(61)74(67-40-22-18-36-62(67)71)57-44-42-51-47-58(45-43-50(51)46-57)75-68-41-23-19-37-63(68)72(54-28-10-3-11-29-54,55-30-12-4-13-31-55)64-48-60-59-34-16-20-38-65(59)73(69(60)49-70(64)75)56-32-14-5-15-33-56/h1-49H. The molecule has 0 spiro atoms. The van der Waals surface area contributed by atoms with Crippen molar-refractivity contribution in [1.29, 1.82) is 0 Å². The normalized spacial score (nSPS) is 14.0. The second-order valence-electron chi connectivity index (χ2n) is 20.0. The maximum absolute atomic E-state index is 2.53. The SMILES string of the molecule is c1ccc(-n2c3ccccc3c3cc4c(cc32)N(c2ccc3cc(N5c6ccccc6C(c6ccccc6)(c6ccccc6)c6ccccc65)ccc3c2)c2ccccc2C4(c2ccccc2)c2ccccc2)cc1. The monoisotopic (exact) mass is 955 g/mol. The minimum Gasteiger partial charge on any atom is -0.310 e. The lowest BCUT2D eigenvalue weighted by Crippen LogP contribution is -2.37. The van der Waals surface area contributed by atoms with Gasteiger partial charge in [0.05, 0.1) is 44.6 Å². The van der Waals surface area contributed by atoms with Crippen molar-refractivity contribution in [3.8, 4) is 5.69 Å². The Labute approximate surface area is 437 Å². The van der Waals surface area contributed by atoms with Gasteiger partial charge in [-0.05, 0) is 128 Å². The predicted molar refractivity (Wildman–Crippen MR) is 311 cm³/mol. The van der Waals surface area contributed by atoms with Crippen molar-refractivity contribution in [2.45, 2.75) is 10.8 Å². The summed E-state index contributed by atoms with van der Waals surface area (Å²) in [5.41, 5.74) is 19.1. The van der Waals surface area contributed by atoms with Gasteiger partial charge in [-0.15, -0.1) is 0 Å². The van der Waals surface area contributed by atoms with Gasteiger partial charge in [0.1, 0.15) is 0 Å². The number of aromatic nitrogens is 1. The van der Waals surface area contributed by atoms with Crippen LogP contribution in [0.5, 0.6) is 0 Å². The number of rotatable bonds is 7. The fourth-order valence-corrected chi connectivity index (χ4v) is 13.2. The molecule has 0 unspecified atom stereocenters. The van der Waals surface area contributed by atoms with Gasteiger partial charge in [0, 0.05) is 27.8 Å². The summed E-state index contributed by atoms with van der Waals surface area (Å²) in [6.07, 6.45) is 0. The molecule has 13 aromatic rings. The molecule has 3 heterocycles. The van der Waals surface area contributed by atoms with E-state index in [9.17, 15) is 0 Å². The Bertz CT molecular complexity index is 4170. The topological polar surface area (TPSA) is 11.4 Å². The first-order valence-electron chi connectivity index (χ1n) is 26.0. The molecular formula is C72H49N3. The van der Waals surface area contributed by atoms with Gasteiger partial charge in [0.2, 0.25) is 0 Å². The minimum absolute atomic E-state index is 0.529.